The number of aromatic nitrogens is 4. The first-order chi connectivity index (χ1) is 11.3. The molecule has 0 radical (unpaired) electrons. The SMILES string of the molecule is COc1ccc(C2=CC(c3ccccc3)n3nnnc3N2)cc1. The summed E-state index contributed by atoms with van der Waals surface area (Å²) in [5.41, 5.74) is 3.17. The minimum Gasteiger partial charge on any atom is -0.497 e. The number of hydrogen-bond donors (Lipinski definition) is 1. The molecule has 1 N–H and O–H groups in total. The van der Waals surface area contributed by atoms with Gasteiger partial charge in [0.1, 0.15) is 11.8 Å². The molecule has 0 saturated heterocycles. The number of fused-ring (bicyclic) bond motifs is 1. The van der Waals surface area contributed by atoms with Gasteiger partial charge < -0.3 is 10.1 Å². The smallest absolute Gasteiger partial charge is 0.248 e. The van der Waals surface area contributed by atoms with Crippen LogP contribution in [0.3, 0.4) is 0 Å². The molecule has 0 spiro atoms. The maximum Gasteiger partial charge on any atom is 0.248 e. The van der Waals surface area contributed by atoms with E-state index < -0.39 is 0 Å². The predicted molar refractivity (Wildman–Crippen MR) is 87.0 cm³/mol. The van der Waals surface area contributed by atoms with E-state index in [1.54, 1.807) is 11.8 Å². The zero-order valence-corrected chi connectivity index (χ0v) is 12.5. The number of benzene rings is 2. The fourth-order valence-corrected chi connectivity index (χ4v) is 2.68. The number of rotatable bonds is 3. The lowest BCUT2D eigenvalue weighted by Crippen LogP contribution is -2.20. The summed E-state index contributed by atoms with van der Waals surface area (Å²) in [5.74, 6) is 1.46. The molecule has 114 valence electrons. The fraction of sp³-hybridized carbons (Fsp3) is 0.118. The Morgan fingerprint density at radius 3 is 2.57 bits per heavy atom. The van der Waals surface area contributed by atoms with Crippen LogP contribution in [-0.2, 0) is 0 Å². The fourth-order valence-electron chi connectivity index (χ4n) is 2.68. The Bertz CT molecular complexity index is 839. The van der Waals surface area contributed by atoms with Gasteiger partial charge in [0.25, 0.3) is 0 Å². The van der Waals surface area contributed by atoms with E-state index in [0.717, 1.165) is 22.6 Å². The Morgan fingerprint density at radius 1 is 1.04 bits per heavy atom. The van der Waals surface area contributed by atoms with Gasteiger partial charge >= 0.3 is 0 Å². The topological polar surface area (TPSA) is 64.9 Å². The second-order valence-corrected chi connectivity index (χ2v) is 5.24. The molecule has 1 aromatic heterocycles. The van der Waals surface area contributed by atoms with E-state index in [9.17, 15) is 0 Å². The molecule has 1 aliphatic heterocycles. The van der Waals surface area contributed by atoms with Crippen molar-refractivity contribution in [2.45, 2.75) is 6.04 Å². The summed E-state index contributed by atoms with van der Waals surface area (Å²) >= 11 is 0. The van der Waals surface area contributed by atoms with E-state index in [2.05, 4.69) is 39.1 Å². The molecule has 0 saturated carbocycles. The predicted octanol–water partition coefficient (Wildman–Crippen LogP) is 2.74. The summed E-state index contributed by atoms with van der Waals surface area (Å²) in [7, 11) is 1.66. The van der Waals surface area contributed by atoms with Crippen molar-refractivity contribution in [1.29, 1.82) is 0 Å². The first-order valence-corrected chi connectivity index (χ1v) is 7.31. The summed E-state index contributed by atoms with van der Waals surface area (Å²) in [6, 6.07) is 18.0. The molecule has 0 fully saturated rings. The number of hydrogen-bond acceptors (Lipinski definition) is 5. The van der Waals surface area contributed by atoms with E-state index in [-0.39, 0.29) is 6.04 Å². The second kappa shape index (κ2) is 5.57. The number of nitrogens with one attached hydrogen (secondary N) is 1. The van der Waals surface area contributed by atoms with Crippen LogP contribution in [0.4, 0.5) is 5.95 Å². The third-order valence-corrected chi connectivity index (χ3v) is 3.87. The summed E-state index contributed by atoms with van der Waals surface area (Å²) < 4.78 is 6.99. The highest BCUT2D eigenvalue weighted by Crippen LogP contribution is 2.31. The minimum absolute atomic E-state index is 0.0421. The Kier molecular flexibility index (Phi) is 3.27. The van der Waals surface area contributed by atoms with Crippen LogP contribution in [0.1, 0.15) is 17.2 Å². The van der Waals surface area contributed by atoms with Gasteiger partial charge in [-0.3, -0.25) is 0 Å². The number of allylic oxidation sites excluding steroid dienone is 1. The van der Waals surface area contributed by atoms with Crippen LogP contribution in [0.15, 0.2) is 60.7 Å². The van der Waals surface area contributed by atoms with E-state index in [1.807, 2.05) is 42.5 Å². The normalized spacial score (nSPS) is 16.2. The van der Waals surface area contributed by atoms with Crippen LogP contribution in [0, 0.1) is 0 Å². The van der Waals surface area contributed by atoms with E-state index in [4.69, 9.17) is 4.74 Å². The molecular formula is C17H15N5O. The van der Waals surface area contributed by atoms with E-state index >= 15 is 0 Å². The van der Waals surface area contributed by atoms with Crippen molar-refractivity contribution < 1.29 is 4.74 Å². The number of ether oxygens (including phenoxy) is 1. The average molecular weight is 305 g/mol. The molecule has 3 aromatic rings. The number of tetrazole rings is 1. The molecule has 0 amide bonds. The zero-order valence-electron chi connectivity index (χ0n) is 12.5. The summed E-state index contributed by atoms with van der Waals surface area (Å²) in [6.07, 6.45) is 2.13. The van der Waals surface area contributed by atoms with Crippen LogP contribution < -0.4 is 10.1 Å². The molecule has 4 rings (SSSR count). The van der Waals surface area contributed by atoms with Crippen molar-refractivity contribution >= 4 is 11.6 Å². The molecule has 0 bridgehead atoms. The van der Waals surface area contributed by atoms with Crippen LogP contribution in [0.2, 0.25) is 0 Å². The van der Waals surface area contributed by atoms with Crippen molar-refractivity contribution in [2.24, 2.45) is 0 Å². The van der Waals surface area contributed by atoms with Crippen molar-refractivity contribution in [1.82, 2.24) is 20.2 Å². The molecule has 6 nitrogen and oxygen atoms in total. The lowest BCUT2D eigenvalue weighted by Gasteiger charge is -2.23. The molecule has 2 aromatic carbocycles. The monoisotopic (exact) mass is 305 g/mol. The van der Waals surface area contributed by atoms with Gasteiger partial charge in [0.05, 0.1) is 7.11 Å². The molecule has 1 aliphatic rings. The Hall–Kier alpha value is -3.15. The highest BCUT2D eigenvalue weighted by atomic mass is 16.5. The molecule has 2 heterocycles. The first-order valence-electron chi connectivity index (χ1n) is 7.31. The lowest BCUT2D eigenvalue weighted by molar-refractivity contribution is 0.415. The van der Waals surface area contributed by atoms with Crippen molar-refractivity contribution in [3.63, 3.8) is 0 Å². The van der Waals surface area contributed by atoms with Crippen molar-refractivity contribution in [2.75, 3.05) is 12.4 Å². The van der Waals surface area contributed by atoms with Crippen molar-refractivity contribution in [3.8, 4) is 5.75 Å². The highest BCUT2D eigenvalue weighted by molar-refractivity contribution is 5.77. The molecule has 0 aliphatic carbocycles. The summed E-state index contributed by atoms with van der Waals surface area (Å²) in [5, 5.41) is 15.2. The third-order valence-electron chi connectivity index (χ3n) is 3.87. The zero-order chi connectivity index (χ0) is 15.6. The average Bonchev–Trinajstić information content (AvgIpc) is 3.10. The van der Waals surface area contributed by atoms with Gasteiger partial charge in [-0.2, -0.15) is 4.68 Å². The van der Waals surface area contributed by atoms with Gasteiger partial charge in [0, 0.05) is 5.70 Å². The third kappa shape index (κ3) is 2.44. The Labute approximate surface area is 133 Å². The van der Waals surface area contributed by atoms with Crippen LogP contribution in [0.25, 0.3) is 5.70 Å². The maximum absolute atomic E-state index is 5.21. The lowest BCUT2D eigenvalue weighted by atomic mass is 10.0. The van der Waals surface area contributed by atoms with Gasteiger partial charge in [0.2, 0.25) is 5.95 Å². The molecule has 1 atom stereocenters. The molecule has 6 heteroatoms. The number of methoxy groups -OCH3 is 1. The van der Waals surface area contributed by atoms with Gasteiger partial charge in [-0.25, -0.2) is 0 Å². The summed E-state index contributed by atoms with van der Waals surface area (Å²) in [4.78, 5) is 0. The molecule has 23 heavy (non-hydrogen) atoms. The Balaban J connectivity index is 1.77. The Morgan fingerprint density at radius 2 is 1.83 bits per heavy atom. The van der Waals surface area contributed by atoms with Gasteiger partial charge in [-0.1, -0.05) is 35.4 Å². The van der Waals surface area contributed by atoms with Crippen LogP contribution >= 0.6 is 0 Å². The minimum atomic E-state index is -0.0421. The first kappa shape index (κ1) is 13.5. The van der Waals surface area contributed by atoms with E-state index in [1.165, 1.54) is 0 Å². The second-order valence-electron chi connectivity index (χ2n) is 5.24. The van der Waals surface area contributed by atoms with E-state index in [0.29, 0.717) is 5.95 Å². The quantitative estimate of drug-likeness (QED) is 0.806. The summed E-state index contributed by atoms with van der Waals surface area (Å²) in [6.45, 7) is 0. The van der Waals surface area contributed by atoms with Crippen LogP contribution in [-0.4, -0.2) is 27.3 Å². The maximum atomic E-state index is 5.21. The van der Waals surface area contributed by atoms with Crippen molar-refractivity contribution in [3.05, 3.63) is 71.8 Å². The largest absolute Gasteiger partial charge is 0.497 e. The van der Waals surface area contributed by atoms with Gasteiger partial charge in [-0.15, -0.1) is 0 Å². The highest BCUT2D eigenvalue weighted by Gasteiger charge is 2.24. The van der Waals surface area contributed by atoms with Crippen LogP contribution in [0.5, 0.6) is 5.75 Å². The number of anilines is 1. The molecular weight excluding hydrogens is 290 g/mol. The standard InChI is InChI=1S/C17H15N5O/c1-23-14-9-7-12(8-10-14)15-11-16(13-5-3-2-4-6-13)22-17(18-15)19-20-21-22/h2-11,16H,1H3,(H,18,19,21). The van der Waals surface area contributed by atoms with Gasteiger partial charge in [-0.05, 0) is 51.9 Å². The number of nitrogens with zero attached hydrogens (tertiary/aromatic N) is 4. The molecule has 1 unspecified atom stereocenters. The van der Waals surface area contributed by atoms with Gasteiger partial charge in [0.15, 0.2) is 0 Å².